The summed E-state index contributed by atoms with van der Waals surface area (Å²) in [7, 11) is 2.23. The van der Waals surface area contributed by atoms with E-state index >= 15 is 0 Å². The molecule has 0 aromatic rings. The molecule has 0 bridgehead atoms. The molecular weight excluding hydrogens is 162 g/mol. The molecule has 1 rings (SSSR count). The molecule has 0 aliphatic carbocycles. The summed E-state index contributed by atoms with van der Waals surface area (Å²) in [6, 6.07) is 0.830. The van der Waals surface area contributed by atoms with Crippen molar-refractivity contribution >= 4 is 6.29 Å². The van der Waals surface area contributed by atoms with E-state index in [4.69, 9.17) is 0 Å². The topological polar surface area (TPSA) is 20.3 Å². The van der Waals surface area contributed by atoms with E-state index in [0.29, 0.717) is 0 Å². The first-order valence-corrected chi connectivity index (χ1v) is 5.48. The minimum atomic E-state index is 0.751. The average Bonchev–Trinajstić information content (AvgIpc) is 2.52. The predicted molar refractivity (Wildman–Crippen MR) is 54.8 cm³/mol. The fraction of sp³-hybridized carbons (Fsp3) is 0.909. The van der Waals surface area contributed by atoms with Crippen molar-refractivity contribution in [2.75, 3.05) is 13.6 Å². The molecular formula is C11H21NO. The van der Waals surface area contributed by atoms with Crippen LogP contribution >= 0.6 is 0 Å². The largest absolute Gasteiger partial charge is 0.303 e. The zero-order valence-electron chi connectivity index (χ0n) is 8.67. The van der Waals surface area contributed by atoms with Gasteiger partial charge in [0.1, 0.15) is 6.29 Å². The van der Waals surface area contributed by atoms with Gasteiger partial charge in [0.2, 0.25) is 0 Å². The molecule has 76 valence electrons. The summed E-state index contributed by atoms with van der Waals surface area (Å²) in [5.74, 6) is 0. The molecule has 13 heavy (non-hydrogen) atoms. The van der Waals surface area contributed by atoms with Crippen LogP contribution in [0.2, 0.25) is 0 Å². The molecule has 2 heteroatoms. The Hall–Kier alpha value is -0.370. The zero-order chi connectivity index (χ0) is 9.52. The third kappa shape index (κ3) is 3.90. The van der Waals surface area contributed by atoms with Gasteiger partial charge < -0.3 is 9.69 Å². The molecule has 1 fully saturated rings. The summed E-state index contributed by atoms with van der Waals surface area (Å²) >= 11 is 0. The number of hydrogen-bond acceptors (Lipinski definition) is 2. The highest BCUT2D eigenvalue weighted by molar-refractivity contribution is 5.48. The second-order valence-corrected chi connectivity index (χ2v) is 4.08. The number of hydrogen-bond donors (Lipinski definition) is 0. The molecule has 0 unspecified atom stereocenters. The standard InChI is InChI=1S/C11H21NO/c1-12-9-6-8-11(12)7-4-2-3-5-10-13/h10-11H,2-9H2,1H3/t11-/m0/s1. The Labute approximate surface area is 81.3 Å². The van der Waals surface area contributed by atoms with Crippen molar-refractivity contribution in [3.05, 3.63) is 0 Å². The molecule has 0 radical (unpaired) electrons. The Morgan fingerprint density at radius 2 is 2.23 bits per heavy atom. The molecule has 1 saturated heterocycles. The van der Waals surface area contributed by atoms with E-state index in [1.54, 1.807) is 0 Å². The van der Waals surface area contributed by atoms with E-state index in [-0.39, 0.29) is 0 Å². The van der Waals surface area contributed by atoms with Crippen molar-refractivity contribution in [3.63, 3.8) is 0 Å². The van der Waals surface area contributed by atoms with Gasteiger partial charge in [0.15, 0.2) is 0 Å². The van der Waals surface area contributed by atoms with Gasteiger partial charge >= 0.3 is 0 Å². The maximum atomic E-state index is 10.1. The Balaban J connectivity index is 1.95. The lowest BCUT2D eigenvalue weighted by Crippen LogP contribution is -2.24. The minimum absolute atomic E-state index is 0.751. The maximum Gasteiger partial charge on any atom is 0.119 e. The van der Waals surface area contributed by atoms with Crippen molar-refractivity contribution in [1.82, 2.24) is 4.90 Å². The maximum absolute atomic E-state index is 10.1. The van der Waals surface area contributed by atoms with Crippen LogP contribution < -0.4 is 0 Å². The van der Waals surface area contributed by atoms with Crippen molar-refractivity contribution in [2.24, 2.45) is 0 Å². The SMILES string of the molecule is CN1CCC[C@@H]1CCCCCC=O. The summed E-state index contributed by atoms with van der Waals surface area (Å²) in [5, 5.41) is 0. The smallest absolute Gasteiger partial charge is 0.119 e. The number of aldehydes is 1. The summed E-state index contributed by atoms with van der Waals surface area (Å²) in [5.41, 5.74) is 0. The van der Waals surface area contributed by atoms with Crippen molar-refractivity contribution in [2.45, 2.75) is 51.0 Å². The van der Waals surface area contributed by atoms with Crippen LogP contribution in [-0.2, 0) is 4.79 Å². The zero-order valence-corrected chi connectivity index (χ0v) is 8.67. The Bertz CT molecular complexity index is 147. The summed E-state index contributed by atoms with van der Waals surface area (Å²) in [4.78, 5) is 12.5. The van der Waals surface area contributed by atoms with Crippen molar-refractivity contribution in [1.29, 1.82) is 0 Å². The van der Waals surface area contributed by atoms with Crippen molar-refractivity contribution < 1.29 is 4.79 Å². The molecule has 1 atom stereocenters. The van der Waals surface area contributed by atoms with Crippen LogP contribution in [0.4, 0.5) is 0 Å². The molecule has 0 aromatic heterocycles. The highest BCUT2D eigenvalue weighted by Gasteiger charge is 2.19. The predicted octanol–water partition coefficient (Wildman–Crippen LogP) is 2.23. The summed E-state index contributed by atoms with van der Waals surface area (Å²) in [6.45, 7) is 1.28. The van der Waals surface area contributed by atoms with Gasteiger partial charge in [0.05, 0.1) is 0 Å². The van der Waals surface area contributed by atoms with Gasteiger partial charge in [0, 0.05) is 12.5 Å². The average molecular weight is 183 g/mol. The van der Waals surface area contributed by atoms with Gasteiger partial charge in [-0.05, 0) is 39.3 Å². The second kappa shape index (κ2) is 6.14. The van der Waals surface area contributed by atoms with E-state index in [2.05, 4.69) is 11.9 Å². The van der Waals surface area contributed by atoms with Crippen LogP contribution in [0.3, 0.4) is 0 Å². The molecule has 1 aliphatic heterocycles. The van der Waals surface area contributed by atoms with Crippen LogP contribution in [-0.4, -0.2) is 30.8 Å². The minimum Gasteiger partial charge on any atom is -0.303 e. The molecule has 0 saturated carbocycles. The fourth-order valence-electron chi connectivity index (χ4n) is 2.13. The Kier molecular flexibility index (Phi) is 5.06. The van der Waals surface area contributed by atoms with Gasteiger partial charge in [-0.15, -0.1) is 0 Å². The monoisotopic (exact) mass is 183 g/mol. The number of carbonyl (C=O) groups excluding carboxylic acids is 1. The number of likely N-dealkylation sites (tertiary alicyclic amines) is 1. The Morgan fingerprint density at radius 3 is 2.85 bits per heavy atom. The molecule has 0 amide bonds. The lowest BCUT2D eigenvalue weighted by Gasteiger charge is -2.18. The summed E-state index contributed by atoms with van der Waals surface area (Å²) in [6.07, 6.45) is 9.46. The molecule has 0 aromatic carbocycles. The molecule has 0 spiro atoms. The number of nitrogens with zero attached hydrogens (tertiary/aromatic N) is 1. The lowest BCUT2D eigenvalue weighted by molar-refractivity contribution is -0.107. The third-order valence-corrected chi connectivity index (χ3v) is 3.03. The molecule has 1 heterocycles. The van der Waals surface area contributed by atoms with Gasteiger partial charge in [-0.2, -0.15) is 0 Å². The number of unbranched alkanes of at least 4 members (excludes halogenated alkanes) is 3. The van der Waals surface area contributed by atoms with Crippen LogP contribution in [0, 0.1) is 0 Å². The van der Waals surface area contributed by atoms with Gasteiger partial charge in [-0.1, -0.05) is 12.8 Å². The van der Waals surface area contributed by atoms with E-state index in [9.17, 15) is 4.79 Å². The van der Waals surface area contributed by atoms with Gasteiger partial charge in [-0.3, -0.25) is 0 Å². The highest BCUT2D eigenvalue weighted by atomic mass is 16.1. The van der Waals surface area contributed by atoms with E-state index < -0.39 is 0 Å². The van der Waals surface area contributed by atoms with Gasteiger partial charge in [0.25, 0.3) is 0 Å². The third-order valence-electron chi connectivity index (χ3n) is 3.03. The van der Waals surface area contributed by atoms with Crippen LogP contribution in [0.1, 0.15) is 44.9 Å². The number of rotatable bonds is 6. The van der Waals surface area contributed by atoms with Crippen LogP contribution in [0.15, 0.2) is 0 Å². The lowest BCUT2D eigenvalue weighted by atomic mass is 10.1. The second-order valence-electron chi connectivity index (χ2n) is 4.08. The van der Waals surface area contributed by atoms with E-state index in [0.717, 1.165) is 25.2 Å². The normalized spacial score (nSPS) is 23.6. The first-order valence-electron chi connectivity index (χ1n) is 5.48. The molecule has 0 N–H and O–H groups in total. The molecule has 1 aliphatic rings. The first kappa shape index (κ1) is 10.7. The highest BCUT2D eigenvalue weighted by Crippen LogP contribution is 2.20. The van der Waals surface area contributed by atoms with Crippen LogP contribution in [0.25, 0.3) is 0 Å². The first-order chi connectivity index (χ1) is 6.34. The van der Waals surface area contributed by atoms with Gasteiger partial charge in [-0.25, -0.2) is 0 Å². The quantitative estimate of drug-likeness (QED) is 0.465. The van der Waals surface area contributed by atoms with Crippen LogP contribution in [0.5, 0.6) is 0 Å². The summed E-state index contributed by atoms with van der Waals surface area (Å²) < 4.78 is 0. The fourth-order valence-corrected chi connectivity index (χ4v) is 2.13. The number of carbonyl (C=O) groups is 1. The van der Waals surface area contributed by atoms with E-state index in [1.807, 2.05) is 0 Å². The molecule has 2 nitrogen and oxygen atoms in total. The Morgan fingerprint density at radius 1 is 1.38 bits per heavy atom. The van der Waals surface area contributed by atoms with Crippen molar-refractivity contribution in [3.8, 4) is 0 Å². The van der Waals surface area contributed by atoms with E-state index in [1.165, 1.54) is 38.6 Å².